The number of ether oxygens (including phenoxy) is 2. The molecule has 3 nitrogen and oxygen atoms in total. The zero-order valence-electron chi connectivity index (χ0n) is 13.3. The van der Waals surface area contributed by atoms with Crippen LogP contribution in [0.2, 0.25) is 0 Å². The van der Waals surface area contributed by atoms with E-state index in [0.29, 0.717) is 12.5 Å². The van der Waals surface area contributed by atoms with Gasteiger partial charge in [0.2, 0.25) is 0 Å². The normalized spacial score (nSPS) is 20.8. The second-order valence-electron chi connectivity index (χ2n) is 5.70. The molecule has 0 saturated heterocycles. The Labute approximate surface area is 133 Å². The summed E-state index contributed by atoms with van der Waals surface area (Å²) in [5.74, 6) is 1.39. The van der Waals surface area contributed by atoms with E-state index in [1.165, 1.54) is 5.56 Å². The third-order valence-electron chi connectivity index (χ3n) is 3.84. The van der Waals surface area contributed by atoms with E-state index in [9.17, 15) is 5.11 Å². The maximum Gasteiger partial charge on any atom is 0.118 e. The number of unbranched alkanes of at least 4 members (excludes halogenated alkanes) is 1. The summed E-state index contributed by atoms with van der Waals surface area (Å²) >= 11 is 0. The molecule has 0 unspecified atom stereocenters. The van der Waals surface area contributed by atoms with Crippen molar-refractivity contribution in [1.29, 1.82) is 0 Å². The van der Waals surface area contributed by atoms with Gasteiger partial charge in [0.05, 0.1) is 19.8 Å². The highest BCUT2D eigenvalue weighted by atomic mass is 16.5. The van der Waals surface area contributed by atoms with Crippen LogP contribution in [-0.2, 0) is 11.3 Å². The lowest BCUT2D eigenvalue weighted by atomic mass is 10.0. The number of allylic oxidation sites excluding steroid dienone is 3. The van der Waals surface area contributed by atoms with Crippen LogP contribution in [0, 0.1) is 5.92 Å². The summed E-state index contributed by atoms with van der Waals surface area (Å²) in [7, 11) is 1.67. The van der Waals surface area contributed by atoms with E-state index in [1.807, 2.05) is 30.3 Å². The lowest BCUT2D eigenvalue weighted by Gasteiger charge is -2.05. The molecule has 1 aromatic carbocycles. The first kappa shape index (κ1) is 16.8. The Kier molecular flexibility index (Phi) is 7.20. The zero-order valence-corrected chi connectivity index (χ0v) is 13.3. The molecule has 2 rings (SSSR count). The molecule has 3 heteroatoms. The van der Waals surface area contributed by atoms with Gasteiger partial charge < -0.3 is 14.6 Å². The second-order valence-corrected chi connectivity index (χ2v) is 5.70. The average Bonchev–Trinajstić information content (AvgIpc) is 2.96. The predicted molar refractivity (Wildman–Crippen MR) is 88.9 cm³/mol. The number of aliphatic hydroxyl groups is 1. The number of hydrogen-bond acceptors (Lipinski definition) is 3. The van der Waals surface area contributed by atoms with E-state index in [0.717, 1.165) is 38.0 Å². The molecule has 0 aromatic heterocycles. The topological polar surface area (TPSA) is 38.7 Å². The fraction of sp³-hybridized carbons (Fsp3) is 0.474. The Balaban J connectivity index is 1.49. The van der Waals surface area contributed by atoms with Gasteiger partial charge in [-0.15, -0.1) is 0 Å². The van der Waals surface area contributed by atoms with Crippen LogP contribution in [0.25, 0.3) is 0 Å². The molecule has 0 amide bonds. The first-order valence-electron chi connectivity index (χ1n) is 8.00. The van der Waals surface area contributed by atoms with Crippen LogP contribution in [0.1, 0.15) is 31.2 Å². The summed E-state index contributed by atoms with van der Waals surface area (Å²) in [6.07, 6.45) is 12.2. The summed E-state index contributed by atoms with van der Waals surface area (Å²) in [4.78, 5) is 0. The molecule has 2 atom stereocenters. The Hall–Kier alpha value is -1.58. The van der Waals surface area contributed by atoms with E-state index >= 15 is 0 Å². The van der Waals surface area contributed by atoms with E-state index in [-0.39, 0.29) is 6.10 Å². The molecule has 0 spiro atoms. The monoisotopic (exact) mass is 302 g/mol. The maximum absolute atomic E-state index is 9.39. The minimum Gasteiger partial charge on any atom is -0.497 e. The number of hydrogen-bond donors (Lipinski definition) is 1. The molecule has 0 aliphatic heterocycles. The van der Waals surface area contributed by atoms with Crippen molar-refractivity contribution in [3.05, 3.63) is 54.1 Å². The van der Waals surface area contributed by atoms with E-state index < -0.39 is 0 Å². The third kappa shape index (κ3) is 6.04. The van der Waals surface area contributed by atoms with Crippen molar-refractivity contribution in [3.63, 3.8) is 0 Å². The van der Waals surface area contributed by atoms with Crippen molar-refractivity contribution in [1.82, 2.24) is 0 Å². The Morgan fingerprint density at radius 2 is 2.00 bits per heavy atom. The summed E-state index contributed by atoms with van der Waals surface area (Å²) in [6.45, 7) is 1.43. The highest BCUT2D eigenvalue weighted by molar-refractivity contribution is 5.26. The fourth-order valence-corrected chi connectivity index (χ4v) is 2.53. The summed E-state index contributed by atoms with van der Waals surface area (Å²) in [5, 5.41) is 9.39. The molecule has 22 heavy (non-hydrogen) atoms. The zero-order chi connectivity index (χ0) is 15.6. The Morgan fingerprint density at radius 1 is 1.18 bits per heavy atom. The lowest BCUT2D eigenvalue weighted by molar-refractivity contribution is 0.119. The molecular formula is C19H26O3. The van der Waals surface area contributed by atoms with Gasteiger partial charge in [-0.3, -0.25) is 0 Å². The number of rotatable bonds is 9. The largest absolute Gasteiger partial charge is 0.497 e. The molecule has 0 heterocycles. The Bertz CT molecular complexity index is 476. The van der Waals surface area contributed by atoms with Crippen LogP contribution in [0.4, 0.5) is 0 Å². The van der Waals surface area contributed by atoms with Gasteiger partial charge in [0, 0.05) is 6.61 Å². The van der Waals surface area contributed by atoms with Crippen molar-refractivity contribution in [2.75, 3.05) is 13.7 Å². The van der Waals surface area contributed by atoms with Crippen molar-refractivity contribution in [3.8, 4) is 5.75 Å². The molecule has 1 aliphatic rings. The smallest absolute Gasteiger partial charge is 0.118 e. The molecule has 1 aliphatic carbocycles. The van der Waals surface area contributed by atoms with Crippen LogP contribution in [0.15, 0.2) is 48.6 Å². The first-order chi connectivity index (χ1) is 10.8. The third-order valence-corrected chi connectivity index (χ3v) is 3.84. The predicted octanol–water partition coefficient (Wildman–Crippen LogP) is 3.88. The van der Waals surface area contributed by atoms with E-state index in [2.05, 4.69) is 18.2 Å². The lowest BCUT2D eigenvalue weighted by Crippen LogP contribution is -2.00. The number of benzene rings is 1. The SMILES string of the molecule is COc1ccc(COCCC/C=C\C[C@H]2C=C[C@H](O)C2)cc1. The molecule has 0 saturated carbocycles. The minimum absolute atomic E-state index is 0.232. The van der Waals surface area contributed by atoms with E-state index in [1.54, 1.807) is 7.11 Å². The van der Waals surface area contributed by atoms with E-state index in [4.69, 9.17) is 9.47 Å². The van der Waals surface area contributed by atoms with Crippen molar-refractivity contribution in [2.24, 2.45) is 5.92 Å². The van der Waals surface area contributed by atoms with Gasteiger partial charge in [0.25, 0.3) is 0 Å². The fourth-order valence-electron chi connectivity index (χ4n) is 2.53. The molecule has 1 aromatic rings. The van der Waals surface area contributed by atoms with Crippen molar-refractivity contribution in [2.45, 2.75) is 38.4 Å². The number of aliphatic hydroxyl groups excluding tert-OH is 1. The van der Waals surface area contributed by atoms with Crippen molar-refractivity contribution >= 4 is 0 Å². The first-order valence-corrected chi connectivity index (χ1v) is 8.00. The Morgan fingerprint density at radius 3 is 2.68 bits per heavy atom. The van der Waals surface area contributed by atoms with Gasteiger partial charge in [-0.05, 0) is 49.3 Å². The molecule has 0 fully saturated rings. The highest BCUT2D eigenvalue weighted by Crippen LogP contribution is 2.21. The maximum atomic E-state index is 9.39. The summed E-state index contributed by atoms with van der Waals surface area (Å²) < 4.78 is 10.8. The van der Waals surface area contributed by atoms with Crippen LogP contribution in [0.5, 0.6) is 5.75 Å². The highest BCUT2D eigenvalue weighted by Gasteiger charge is 2.14. The molecule has 120 valence electrons. The number of methoxy groups -OCH3 is 1. The van der Waals surface area contributed by atoms with Gasteiger partial charge in [-0.25, -0.2) is 0 Å². The van der Waals surface area contributed by atoms with Gasteiger partial charge in [-0.2, -0.15) is 0 Å². The van der Waals surface area contributed by atoms with Crippen LogP contribution >= 0.6 is 0 Å². The van der Waals surface area contributed by atoms with Gasteiger partial charge in [-0.1, -0.05) is 36.4 Å². The summed E-state index contributed by atoms with van der Waals surface area (Å²) in [6, 6.07) is 7.97. The molecule has 0 bridgehead atoms. The minimum atomic E-state index is -0.232. The van der Waals surface area contributed by atoms with Gasteiger partial charge >= 0.3 is 0 Å². The quantitative estimate of drug-likeness (QED) is 0.556. The average molecular weight is 302 g/mol. The second kappa shape index (κ2) is 9.44. The molecule has 0 radical (unpaired) electrons. The van der Waals surface area contributed by atoms with Crippen molar-refractivity contribution < 1.29 is 14.6 Å². The summed E-state index contributed by atoms with van der Waals surface area (Å²) in [5.41, 5.74) is 1.17. The van der Waals surface area contributed by atoms with Gasteiger partial charge in [0.1, 0.15) is 5.75 Å². The van der Waals surface area contributed by atoms with Crippen LogP contribution in [-0.4, -0.2) is 24.9 Å². The van der Waals surface area contributed by atoms with Gasteiger partial charge in [0.15, 0.2) is 0 Å². The van der Waals surface area contributed by atoms with Crippen LogP contribution < -0.4 is 4.74 Å². The standard InChI is InChI=1S/C19H26O3/c1-21-19-11-8-17(9-12-19)15-22-13-5-3-2-4-6-16-7-10-18(20)14-16/h2,4,7-12,16,18,20H,3,5-6,13-15H2,1H3/b4-2-/t16-,18-/m0/s1. The molecule has 1 N–H and O–H groups in total. The van der Waals surface area contributed by atoms with Crippen LogP contribution in [0.3, 0.4) is 0 Å². The molecular weight excluding hydrogens is 276 g/mol.